The highest BCUT2D eigenvalue weighted by atomic mass is 16.5. The van der Waals surface area contributed by atoms with Gasteiger partial charge in [-0.2, -0.15) is 0 Å². The molecule has 20 heavy (non-hydrogen) atoms. The number of rotatable bonds is 4. The summed E-state index contributed by atoms with van der Waals surface area (Å²) in [5.41, 5.74) is 0.702. The fourth-order valence-electron chi connectivity index (χ4n) is 1.97. The molecule has 2 amide bonds. The monoisotopic (exact) mass is 273 g/mol. The van der Waals surface area contributed by atoms with E-state index in [4.69, 9.17) is 4.74 Å². The second-order valence-corrected chi connectivity index (χ2v) is 4.28. The van der Waals surface area contributed by atoms with Crippen molar-refractivity contribution in [3.8, 4) is 0 Å². The van der Waals surface area contributed by atoms with E-state index in [0.29, 0.717) is 0 Å². The number of amides is 2. The highest BCUT2D eigenvalue weighted by Gasteiger charge is 2.35. The van der Waals surface area contributed by atoms with E-state index in [1.54, 1.807) is 19.1 Å². The first-order valence-electron chi connectivity index (χ1n) is 6.43. The molecule has 2 rings (SSSR count). The molecule has 0 spiro atoms. The molecule has 1 fully saturated rings. The second kappa shape index (κ2) is 6.14. The van der Waals surface area contributed by atoms with Crippen LogP contribution in [0.5, 0.6) is 0 Å². The van der Waals surface area contributed by atoms with Crippen molar-refractivity contribution in [3.63, 3.8) is 0 Å². The Labute approximate surface area is 116 Å². The Kier molecular flexibility index (Phi) is 4.30. The van der Waals surface area contributed by atoms with E-state index in [0.717, 1.165) is 10.5 Å². The molecule has 1 aromatic rings. The number of hydrogen-bond donors (Lipinski definition) is 0. The number of ether oxygens (including phenoxy) is 1. The third-order valence-electron chi connectivity index (χ3n) is 2.88. The van der Waals surface area contributed by atoms with Crippen molar-refractivity contribution in [2.24, 2.45) is 0 Å². The lowest BCUT2D eigenvalue weighted by atomic mass is 10.2. The van der Waals surface area contributed by atoms with Crippen molar-refractivity contribution < 1.29 is 19.1 Å². The Hall–Kier alpha value is -2.43. The van der Waals surface area contributed by atoms with Gasteiger partial charge in [-0.05, 0) is 18.6 Å². The first kappa shape index (κ1) is 14.0. The number of carbonyl (C=O) groups is 3. The van der Waals surface area contributed by atoms with E-state index in [9.17, 15) is 14.4 Å². The number of hydrogen-bond acceptors (Lipinski definition) is 4. The highest BCUT2D eigenvalue weighted by Crippen LogP contribution is 2.21. The zero-order chi connectivity index (χ0) is 14.5. The maximum absolute atomic E-state index is 12.0. The summed E-state index contributed by atoms with van der Waals surface area (Å²) in [6.07, 6.45) is 1.76. The lowest BCUT2D eigenvalue weighted by molar-refractivity contribution is -0.146. The predicted molar refractivity (Wildman–Crippen MR) is 72.1 cm³/mol. The molecular formula is C15H15NO4. The van der Waals surface area contributed by atoms with Crippen LogP contribution in [0.25, 0.3) is 6.08 Å². The zero-order valence-electron chi connectivity index (χ0n) is 11.2. The summed E-state index contributed by atoms with van der Waals surface area (Å²) in [4.78, 5) is 36.5. The van der Waals surface area contributed by atoms with Crippen LogP contribution in [-0.4, -0.2) is 29.3 Å². The molecule has 0 atom stereocenters. The minimum absolute atomic E-state index is 0.0226. The van der Waals surface area contributed by atoms with E-state index < -0.39 is 5.97 Å². The Bertz CT molecular complexity index is 546. The average Bonchev–Trinajstić information content (AvgIpc) is 2.77. The number of nitrogens with zero attached hydrogens (tertiary/aromatic N) is 1. The fraction of sp³-hybridized carbons (Fsp3) is 0.267. The summed E-state index contributed by atoms with van der Waals surface area (Å²) in [5, 5.41) is 0. The van der Waals surface area contributed by atoms with Gasteiger partial charge in [0.25, 0.3) is 0 Å². The molecule has 0 N–H and O–H groups in total. The van der Waals surface area contributed by atoms with Crippen molar-refractivity contribution in [2.75, 3.05) is 6.61 Å². The SMILES string of the molecule is CCOC(=O)/C(=C/c1ccccc1)N1C(=O)CCC1=O. The number of imide groups is 1. The topological polar surface area (TPSA) is 63.7 Å². The molecular weight excluding hydrogens is 258 g/mol. The number of benzene rings is 1. The van der Waals surface area contributed by atoms with Gasteiger partial charge >= 0.3 is 5.97 Å². The van der Waals surface area contributed by atoms with Crippen LogP contribution in [0.2, 0.25) is 0 Å². The van der Waals surface area contributed by atoms with E-state index in [2.05, 4.69) is 0 Å². The first-order valence-corrected chi connectivity index (χ1v) is 6.43. The number of likely N-dealkylation sites (tertiary alicyclic amines) is 1. The highest BCUT2D eigenvalue weighted by molar-refractivity contribution is 6.11. The quantitative estimate of drug-likeness (QED) is 0.476. The van der Waals surface area contributed by atoms with E-state index in [-0.39, 0.29) is 37.0 Å². The van der Waals surface area contributed by atoms with Crippen LogP contribution in [-0.2, 0) is 19.1 Å². The van der Waals surface area contributed by atoms with Crippen LogP contribution >= 0.6 is 0 Å². The molecule has 0 unspecified atom stereocenters. The summed E-state index contributed by atoms with van der Waals surface area (Å²) in [6.45, 7) is 1.85. The van der Waals surface area contributed by atoms with Gasteiger partial charge in [0.2, 0.25) is 11.8 Å². The lowest BCUT2D eigenvalue weighted by Crippen LogP contribution is -2.33. The van der Waals surface area contributed by atoms with Crippen molar-refractivity contribution in [1.29, 1.82) is 0 Å². The van der Waals surface area contributed by atoms with Crippen LogP contribution in [0.1, 0.15) is 25.3 Å². The van der Waals surface area contributed by atoms with Crippen molar-refractivity contribution in [2.45, 2.75) is 19.8 Å². The van der Waals surface area contributed by atoms with Gasteiger partial charge in [-0.25, -0.2) is 9.69 Å². The molecule has 1 aliphatic heterocycles. The van der Waals surface area contributed by atoms with Gasteiger partial charge in [-0.15, -0.1) is 0 Å². The normalized spacial score (nSPS) is 15.7. The lowest BCUT2D eigenvalue weighted by Gasteiger charge is -2.16. The maximum atomic E-state index is 12.0. The van der Waals surface area contributed by atoms with Crippen molar-refractivity contribution in [1.82, 2.24) is 4.90 Å². The Morgan fingerprint density at radius 2 is 1.80 bits per heavy atom. The van der Waals surface area contributed by atoms with Gasteiger partial charge in [0.1, 0.15) is 5.70 Å². The Morgan fingerprint density at radius 1 is 1.20 bits per heavy atom. The average molecular weight is 273 g/mol. The molecule has 5 heteroatoms. The molecule has 1 aromatic carbocycles. The number of carbonyl (C=O) groups excluding carboxylic acids is 3. The molecule has 0 bridgehead atoms. The smallest absolute Gasteiger partial charge is 0.355 e. The first-order chi connectivity index (χ1) is 9.63. The van der Waals surface area contributed by atoms with Gasteiger partial charge in [0.05, 0.1) is 6.61 Å². The zero-order valence-corrected chi connectivity index (χ0v) is 11.2. The van der Waals surface area contributed by atoms with E-state index in [1.807, 2.05) is 18.2 Å². The third-order valence-corrected chi connectivity index (χ3v) is 2.88. The van der Waals surface area contributed by atoms with Gasteiger partial charge in [0.15, 0.2) is 0 Å². The van der Waals surface area contributed by atoms with Crippen LogP contribution in [0.15, 0.2) is 36.0 Å². The van der Waals surface area contributed by atoms with Crippen molar-refractivity contribution >= 4 is 23.9 Å². The largest absolute Gasteiger partial charge is 0.461 e. The van der Waals surface area contributed by atoms with Crippen LogP contribution in [0.4, 0.5) is 0 Å². The molecule has 1 saturated heterocycles. The van der Waals surface area contributed by atoms with Crippen LogP contribution < -0.4 is 0 Å². The van der Waals surface area contributed by atoms with Gasteiger partial charge < -0.3 is 4.74 Å². The Morgan fingerprint density at radius 3 is 2.35 bits per heavy atom. The minimum atomic E-state index is -0.667. The van der Waals surface area contributed by atoms with Gasteiger partial charge in [-0.1, -0.05) is 30.3 Å². The summed E-state index contributed by atoms with van der Waals surface area (Å²) in [6, 6.07) is 9.02. The van der Waals surface area contributed by atoms with E-state index >= 15 is 0 Å². The molecule has 0 aromatic heterocycles. The summed E-state index contributed by atoms with van der Waals surface area (Å²) in [7, 11) is 0. The number of esters is 1. The molecule has 5 nitrogen and oxygen atoms in total. The summed E-state index contributed by atoms with van der Waals surface area (Å²) in [5.74, 6) is -1.41. The molecule has 104 valence electrons. The third kappa shape index (κ3) is 2.93. The molecule has 1 heterocycles. The van der Waals surface area contributed by atoms with Gasteiger partial charge in [-0.3, -0.25) is 9.59 Å². The van der Waals surface area contributed by atoms with Crippen molar-refractivity contribution in [3.05, 3.63) is 41.6 Å². The minimum Gasteiger partial charge on any atom is -0.461 e. The molecule has 0 saturated carbocycles. The summed E-state index contributed by atoms with van der Waals surface area (Å²) >= 11 is 0. The van der Waals surface area contributed by atoms with Crippen LogP contribution in [0.3, 0.4) is 0 Å². The van der Waals surface area contributed by atoms with Crippen LogP contribution in [0, 0.1) is 0 Å². The van der Waals surface area contributed by atoms with E-state index in [1.165, 1.54) is 6.08 Å². The fourth-order valence-corrected chi connectivity index (χ4v) is 1.97. The maximum Gasteiger partial charge on any atom is 0.355 e. The molecule has 0 radical (unpaired) electrons. The molecule has 1 aliphatic rings. The predicted octanol–water partition coefficient (Wildman–Crippen LogP) is 1.74. The van der Waals surface area contributed by atoms with Gasteiger partial charge in [0, 0.05) is 12.8 Å². The summed E-state index contributed by atoms with van der Waals surface area (Å²) < 4.78 is 4.93. The molecule has 0 aliphatic carbocycles. The Balaban J connectivity index is 2.40. The standard InChI is InChI=1S/C15H15NO4/c1-2-20-15(19)12(10-11-6-4-3-5-7-11)16-13(17)8-9-14(16)18/h3-7,10H,2,8-9H2,1H3/b12-10-. The second-order valence-electron chi connectivity index (χ2n) is 4.28.